The average Bonchev–Trinajstić information content (AvgIpc) is 3.42. The number of carbonyl (C=O) groups is 3. The maximum absolute atomic E-state index is 13.0. The molecule has 6 heteroatoms. The second kappa shape index (κ2) is 7.01. The lowest BCUT2D eigenvalue weighted by Gasteiger charge is -2.33. The zero-order chi connectivity index (χ0) is 20.1. The van der Waals surface area contributed by atoms with Gasteiger partial charge < -0.3 is 10.1 Å². The SMILES string of the molecule is COc1ccc(NC(=O)C2CCC(N3C(=O)[C@@H]4[C@H](C3=O)[C@H]3C=C[C@H]4C3)CC2)cc1. The van der Waals surface area contributed by atoms with E-state index in [1.807, 2.05) is 24.3 Å². The first kappa shape index (κ1) is 18.4. The first-order valence-electron chi connectivity index (χ1n) is 10.6. The van der Waals surface area contributed by atoms with Gasteiger partial charge in [0.1, 0.15) is 5.75 Å². The van der Waals surface area contributed by atoms with Gasteiger partial charge in [-0.1, -0.05) is 12.2 Å². The molecule has 1 aliphatic heterocycles. The van der Waals surface area contributed by atoms with Gasteiger partial charge in [0.05, 0.1) is 18.9 Å². The summed E-state index contributed by atoms with van der Waals surface area (Å²) in [5.74, 6) is 0.964. The lowest BCUT2D eigenvalue weighted by atomic mass is 9.84. The molecule has 2 bridgehead atoms. The van der Waals surface area contributed by atoms with E-state index in [0.29, 0.717) is 25.7 Å². The van der Waals surface area contributed by atoms with E-state index in [0.717, 1.165) is 17.9 Å². The predicted molar refractivity (Wildman–Crippen MR) is 107 cm³/mol. The molecule has 2 saturated carbocycles. The van der Waals surface area contributed by atoms with Crippen LogP contribution in [0, 0.1) is 29.6 Å². The van der Waals surface area contributed by atoms with Gasteiger partial charge in [0.25, 0.3) is 0 Å². The third kappa shape index (κ3) is 2.96. The number of fused-ring (bicyclic) bond motifs is 5. The van der Waals surface area contributed by atoms with Crippen molar-refractivity contribution in [3.05, 3.63) is 36.4 Å². The van der Waals surface area contributed by atoms with E-state index >= 15 is 0 Å². The van der Waals surface area contributed by atoms with Gasteiger partial charge in [0.2, 0.25) is 17.7 Å². The van der Waals surface area contributed by atoms with Crippen LogP contribution in [0.15, 0.2) is 36.4 Å². The predicted octanol–water partition coefficient (Wildman–Crippen LogP) is 3.00. The second-order valence-corrected chi connectivity index (χ2v) is 8.77. The third-order valence-electron chi connectivity index (χ3n) is 7.29. The molecule has 1 N–H and O–H groups in total. The number of carbonyl (C=O) groups excluding carboxylic acids is 3. The number of hydrogen-bond donors (Lipinski definition) is 1. The minimum atomic E-state index is -0.131. The third-order valence-corrected chi connectivity index (χ3v) is 7.29. The fourth-order valence-electron chi connectivity index (χ4n) is 5.80. The summed E-state index contributed by atoms with van der Waals surface area (Å²) in [6, 6.07) is 7.23. The summed E-state index contributed by atoms with van der Waals surface area (Å²) in [6.07, 6.45) is 8.02. The first-order chi connectivity index (χ1) is 14.1. The number of nitrogens with one attached hydrogen (secondary N) is 1. The van der Waals surface area contributed by atoms with Crippen LogP contribution in [0.3, 0.4) is 0 Å². The van der Waals surface area contributed by atoms with Crippen molar-refractivity contribution >= 4 is 23.4 Å². The summed E-state index contributed by atoms with van der Waals surface area (Å²) in [7, 11) is 1.61. The molecule has 152 valence electrons. The van der Waals surface area contributed by atoms with Crippen LogP contribution in [-0.4, -0.2) is 35.8 Å². The quantitative estimate of drug-likeness (QED) is 0.629. The van der Waals surface area contributed by atoms with Gasteiger partial charge >= 0.3 is 0 Å². The molecule has 4 atom stereocenters. The van der Waals surface area contributed by atoms with Gasteiger partial charge in [-0.3, -0.25) is 19.3 Å². The summed E-state index contributed by atoms with van der Waals surface area (Å²) in [6.45, 7) is 0. The van der Waals surface area contributed by atoms with Gasteiger partial charge in [0, 0.05) is 17.6 Å². The van der Waals surface area contributed by atoms with E-state index in [4.69, 9.17) is 4.74 Å². The highest BCUT2D eigenvalue weighted by atomic mass is 16.5. The molecule has 29 heavy (non-hydrogen) atoms. The number of anilines is 1. The zero-order valence-electron chi connectivity index (χ0n) is 16.5. The zero-order valence-corrected chi connectivity index (χ0v) is 16.5. The number of methoxy groups -OCH3 is 1. The fraction of sp³-hybridized carbons (Fsp3) is 0.522. The second-order valence-electron chi connectivity index (χ2n) is 8.77. The van der Waals surface area contributed by atoms with Crippen LogP contribution in [-0.2, 0) is 14.4 Å². The fourth-order valence-corrected chi connectivity index (χ4v) is 5.80. The summed E-state index contributed by atoms with van der Waals surface area (Å²) in [4.78, 5) is 40.2. The Morgan fingerprint density at radius 1 is 0.966 bits per heavy atom. The topological polar surface area (TPSA) is 75.7 Å². The Morgan fingerprint density at radius 2 is 1.55 bits per heavy atom. The van der Waals surface area contributed by atoms with Crippen molar-refractivity contribution in [2.24, 2.45) is 29.6 Å². The van der Waals surface area contributed by atoms with Gasteiger partial charge in [-0.15, -0.1) is 0 Å². The van der Waals surface area contributed by atoms with Gasteiger partial charge in [-0.25, -0.2) is 0 Å². The summed E-state index contributed by atoms with van der Waals surface area (Å²) < 4.78 is 5.14. The van der Waals surface area contributed by atoms with E-state index in [9.17, 15) is 14.4 Å². The van der Waals surface area contributed by atoms with Crippen molar-refractivity contribution in [3.8, 4) is 5.75 Å². The lowest BCUT2D eigenvalue weighted by Crippen LogP contribution is -2.44. The lowest BCUT2D eigenvalue weighted by molar-refractivity contribution is -0.144. The van der Waals surface area contributed by atoms with E-state index in [2.05, 4.69) is 17.5 Å². The Labute approximate surface area is 170 Å². The van der Waals surface area contributed by atoms with Crippen LogP contribution in [0.5, 0.6) is 5.75 Å². The molecule has 0 unspecified atom stereocenters. The van der Waals surface area contributed by atoms with E-state index in [1.54, 1.807) is 12.0 Å². The Bertz CT molecular complexity index is 839. The highest BCUT2D eigenvalue weighted by molar-refractivity contribution is 6.06. The van der Waals surface area contributed by atoms with Crippen molar-refractivity contribution in [1.29, 1.82) is 0 Å². The maximum atomic E-state index is 13.0. The number of benzene rings is 1. The molecule has 1 aromatic carbocycles. The van der Waals surface area contributed by atoms with E-state index in [1.165, 1.54) is 0 Å². The number of nitrogens with zero attached hydrogens (tertiary/aromatic N) is 1. The Balaban J connectivity index is 1.19. The Morgan fingerprint density at radius 3 is 2.10 bits per heavy atom. The Hall–Kier alpha value is -2.63. The Kier molecular flexibility index (Phi) is 4.45. The van der Waals surface area contributed by atoms with E-state index < -0.39 is 0 Å². The molecule has 6 nitrogen and oxygen atoms in total. The highest BCUT2D eigenvalue weighted by Gasteiger charge is 2.60. The average molecular weight is 394 g/mol. The van der Waals surface area contributed by atoms with Crippen LogP contribution < -0.4 is 10.1 Å². The molecular weight excluding hydrogens is 368 g/mol. The molecule has 0 spiro atoms. The number of likely N-dealkylation sites (tertiary alicyclic amines) is 1. The van der Waals surface area contributed by atoms with Crippen molar-refractivity contribution < 1.29 is 19.1 Å². The molecular formula is C23H26N2O4. The van der Waals surface area contributed by atoms with Crippen LogP contribution in [0.1, 0.15) is 32.1 Å². The minimum absolute atomic E-state index is 0.00630. The molecule has 3 amide bonds. The van der Waals surface area contributed by atoms with Gasteiger partial charge in [0.15, 0.2) is 0 Å². The number of ether oxygens (including phenoxy) is 1. The van der Waals surface area contributed by atoms with Crippen molar-refractivity contribution in [3.63, 3.8) is 0 Å². The van der Waals surface area contributed by atoms with Crippen molar-refractivity contribution in [2.75, 3.05) is 12.4 Å². The van der Waals surface area contributed by atoms with Gasteiger partial charge in [-0.05, 0) is 68.2 Å². The molecule has 5 rings (SSSR count). The normalized spacial score (nSPS) is 35.1. The smallest absolute Gasteiger partial charge is 0.233 e. The van der Waals surface area contributed by atoms with Crippen LogP contribution >= 0.6 is 0 Å². The summed E-state index contributed by atoms with van der Waals surface area (Å²) >= 11 is 0. The molecule has 0 radical (unpaired) electrons. The van der Waals surface area contributed by atoms with Crippen molar-refractivity contribution in [2.45, 2.75) is 38.1 Å². The number of rotatable bonds is 4. The molecule has 3 fully saturated rings. The van der Waals surface area contributed by atoms with E-state index in [-0.39, 0.29) is 53.4 Å². The molecule has 1 heterocycles. The monoisotopic (exact) mass is 394 g/mol. The number of imide groups is 1. The van der Waals surface area contributed by atoms with Crippen LogP contribution in [0.2, 0.25) is 0 Å². The first-order valence-corrected chi connectivity index (χ1v) is 10.6. The standard InChI is InChI=1S/C23H26N2O4/c1-29-18-10-6-16(7-11-18)24-21(26)13-4-8-17(9-5-13)25-22(27)19-14-2-3-15(12-14)20(19)23(25)28/h2-3,6-7,10-11,13-15,17,19-20H,4-5,8-9,12H2,1H3,(H,24,26)/t13?,14-,15-,17?,19-,20+/m0/s1. The molecule has 4 aliphatic rings. The molecule has 1 saturated heterocycles. The highest BCUT2D eigenvalue weighted by Crippen LogP contribution is 2.53. The molecule has 3 aliphatic carbocycles. The maximum Gasteiger partial charge on any atom is 0.233 e. The largest absolute Gasteiger partial charge is 0.497 e. The number of amides is 3. The summed E-state index contributed by atoms with van der Waals surface area (Å²) in [5.41, 5.74) is 0.749. The van der Waals surface area contributed by atoms with Crippen molar-refractivity contribution in [1.82, 2.24) is 4.90 Å². The molecule has 0 aromatic heterocycles. The minimum Gasteiger partial charge on any atom is -0.497 e. The number of hydrogen-bond acceptors (Lipinski definition) is 4. The molecule has 1 aromatic rings. The van der Waals surface area contributed by atoms with Crippen LogP contribution in [0.4, 0.5) is 5.69 Å². The number of allylic oxidation sites excluding steroid dienone is 2. The van der Waals surface area contributed by atoms with Gasteiger partial charge in [-0.2, -0.15) is 0 Å². The summed E-state index contributed by atoms with van der Waals surface area (Å²) in [5, 5.41) is 2.97. The van der Waals surface area contributed by atoms with Crippen LogP contribution in [0.25, 0.3) is 0 Å².